The van der Waals surface area contributed by atoms with E-state index in [1.165, 1.54) is 14.2 Å². The minimum absolute atomic E-state index is 0.140. The molecule has 0 aliphatic rings. The highest BCUT2D eigenvalue weighted by Crippen LogP contribution is 2.27. The molecule has 1 amide bonds. The van der Waals surface area contributed by atoms with Crippen LogP contribution in [0, 0.1) is 0 Å². The fraction of sp³-hybridized carbons (Fsp3) is 0.150. The molecule has 132 valence electrons. The van der Waals surface area contributed by atoms with Crippen molar-refractivity contribution in [2.75, 3.05) is 20.8 Å². The number of fused-ring (bicyclic) bond motifs is 1. The highest BCUT2D eigenvalue weighted by Gasteiger charge is 2.13. The van der Waals surface area contributed by atoms with E-state index in [9.17, 15) is 9.59 Å². The number of Topliss-reactive ketones (excluding diaryl/α,β-unsaturated/α-hetero) is 1. The molecule has 0 unspecified atom stereocenters. The lowest BCUT2D eigenvalue weighted by Gasteiger charge is -2.10. The van der Waals surface area contributed by atoms with Crippen LogP contribution in [0.15, 0.2) is 54.6 Å². The molecule has 1 N–H and O–H groups in total. The van der Waals surface area contributed by atoms with Crippen molar-refractivity contribution in [2.45, 2.75) is 0 Å². The van der Waals surface area contributed by atoms with Crippen LogP contribution in [-0.2, 0) is 0 Å². The first-order chi connectivity index (χ1) is 12.6. The van der Waals surface area contributed by atoms with E-state index in [1.54, 1.807) is 24.3 Å². The predicted molar refractivity (Wildman–Crippen MR) is 98.0 cm³/mol. The first-order valence-corrected chi connectivity index (χ1v) is 8.01. The third-order valence-corrected chi connectivity index (χ3v) is 3.94. The minimum Gasteiger partial charge on any atom is -0.493 e. The molecule has 0 saturated carbocycles. The number of rotatable bonds is 6. The lowest BCUT2D eigenvalue weighted by atomic mass is 10.1. The number of nitrogens with zero attached hydrogens (tertiary/aromatic N) is 1. The number of nitrogens with one attached hydrogen (secondary N) is 1. The summed E-state index contributed by atoms with van der Waals surface area (Å²) in [6.07, 6.45) is 0. The number of pyridine rings is 1. The molecule has 0 aliphatic carbocycles. The molecule has 6 heteroatoms. The van der Waals surface area contributed by atoms with E-state index in [0.717, 1.165) is 10.9 Å². The number of methoxy groups -OCH3 is 2. The molecule has 0 saturated heterocycles. The van der Waals surface area contributed by atoms with E-state index in [0.29, 0.717) is 22.8 Å². The van der Waals surface area contributed by atoms with Crippen molar-refractivity contribution in [3.8, 4) is 11.5 Å². The van der Waals surface area contributed by atoms with Crippen LogP contribution in [-0.4, -0.2) is 37.4 Å². The summed E-state index contributed by atoms with van der Waals surface area (Å²) in [5.41, 5.74) is 1.43. The van der Waals surface area contributed by atoms with Crippen molar-refractivity contribution in [1.29, 1.82) is 0 Å². The summed E-state index contributed by atoms with van der Waals surface area (Å²) < 4.78 is 10.3. The Morgan fingerprint density at radius 3 is 2.50 bits per heavy atom. The van der Waals surface area contributed by atoms with Gasteiger partial charge in [-0.1, -0.05) is 24.3 Å². The molecule has 3 aromatic rings. The highest BCUT2D eigenvalue weighted by atomic mass is 16.5. The van der Waals surface area contributed by atoms with Crippen LogP contribution < -0.4 is 14.8 Å². The molecule has 0 spiro atoms. The summed E-state index contributed by atoms with van der Waals surface area (Å²) in [4.78, 5) is 28.9. The zero-order chi connectivity index (χ0) is 18.5. The monoisotopic (exact) mass is 350 g/mol. The summed E-state index contributed by atoms with van der Waals surface area (Å²) in [6, 6.07) is 15.9. The quantitative estimate of drug-likeness (QED) is 0.692. The van der Waals surface area contributed by atoms with Gasteiger partial charge in [0.15, 0.2) is 17.3 Å². The Morgan fingerprint density at radius 1 is 0.962 bits per heavy atom. The Bertz CT molecular complexity index is 969. The molecule has 1 aromatic heterocycles. The maximum absolute atomic E-state index is 12.3. The second-order valence-corrected chi connectivity index (χ2v) is 5.56. The maximum atomic E-state index is 12.3. The average molecular weight is 350 g/mol. The van der Waals surface area contributed by atoms with Crippen LogP contribution in [0.2, 0.25) is 0 Å². The number of hydrogen-bond donors (Lipinski definition) is 1. The molecule has 0 radical (unpaired) electrons. The second-order valence-electron chi connectivity index (χ2n) is 5.56. The van der Waals surface area contributed by atoms with E-state index < -0.39 is 0 Å². The number of amides is 1. The summed E-state index contributed by atoms with van der Waals surface area (Å²) in [6.45, 7) is -0.140. The van der Waals surface area contributed by atoms with Crippen LogP contribution in [0.4, 0.5) is 0 Å². The van der Waals surface area contributed by atoms with Crippen LogP contribution in [0.25, 0.3) is 10.9 Å². The minimum atomic E-state index is -0.375. The Kier molecular flexibility index (Phi) is 5.12. The van der Waals surface area contributed by atoms with Gasteiger partial charge in [0.2, 0.25) is 0 Å². The number of hydrogen-bond acceptors (Lipinski definition) is 5. The summed E-state index contributed by atoms with van der Waals surface area (Å²) in [7, 11) is 3.02. The van der Waals surface area contributed by atoms with Crippen molar-refractivity contribution in [2.24, 2.45) is 0 Å². The molecule has 1 heterocycles. The van der Waals surface area contributed by atoms with Gasteiger partial charge in [-0.15, -0.1) is 0 Å². The van der Waals surface area contributed by atoms with E-state index in [4.69, 9.17) is 9.47 Å². The normalized spacial score (nSPS) is 10.4. The molecule has 2 aromatic carbocycles. The second kappa shape index (κ2) is 7.65. The molecule has 6 nitrogen and oxygen atoms in total. The van der Waals surface area contributed by atoms with E-state index >= 15 is 0 Å². The molecule has 26 heavy (non-hydrogen) atoms. The number of carbonyl (C=O) groups excluding carboxylic acids is 2. The molecular formula is C20H18N2O4. The number of ether oxygens (including phenoxy) is 2. The molecule has 0 atom stereocenters. The topological polar surface area (TPSA) is 77.5 Å². The zero-order valence-corrected chi connectivity index (χ0v) is 14.5. The van der Waals surface area contributed by atoms with Crippen LogP contribution in [0.1, 0.15) is 20.8 Å². The Morgan fingerprint density at radius 2 is 1.73 bits per heavy atom. The van der Waals surface area contributed by atoms with Gasteiger partial charge in [-0.25, -0.2) is 4.98 Å². The zero-order valence-electron chi connectivity index (χ0n) is 14.5. The maximum Gasteiger partial charge on any atom is 0.251 e. The largest absolute Gasteiger partial charge is 0.493 e. The first kappa shape index (κ1) is 17.4. The average Bonchev–Trinajstić information content (AvgIpc) is 2.70. The van der Waals surface area contributed by atoms with E-state index in [-0.39, 0.29) is 18.2 Å². The van der Waals surface area contributed by atoms with Gasteiger partial charge in [-0.3, -0.25) is 9.59 Å². The predicted octanol–water partition coefficient (Wildman–Crippen LogP) is 2.86. The molecular weight excluding hydrogens is 332 g/mol. The molecule has 0 bridgehead atoms. The number of para-hydroxylation sites is 1. The van der Waals surface area contributed by atoms with E-state index in [1.807, 2.05) is 30.3 Å². The van der Waals surface area contributed by atoms with Gasteiger partial charge in [0, 0.05) is 10.9 Å². The van der Waals surface area contributed by atoms with Crippen LogP contribution >= 0.6 is 0 Å². The van der Waals surface area contributed by atoms with Crippen molar-refractivity contribution in [3.63, 3.8) is 0 Å². The number of carbonyl (C=O) groups is 2. The summed E-state index contributed by atoms with van der Waals surface area (Å²) in [5, 5.41) is 3.57. The lowest BCUT2D eigenvalue weighted by Crippen LogP contribution is -2.30. The van der Waals surface area contributed by atoms with Crippen molar-refractivity contribution >= 4 is 22.6 Å². The van der Waals surface area contributed by atoms with Gasteiger partial charge in [0.05, 0.1) is 26.3 Å². The third kappa shape index (κ3) is 3.64. The number of benzene rings is 2. The Hall–Kier alpha value is -3.41. The van der Waals surface area contributed by atoms with Crippen molar-refractivity contribution < 1.29 is 19.1 Å². The van der Waals surface area contributed by atoms with Crippen LogP contribution in [0.5, 0.6) is 11.5 Å². The molecule has 0 aliphatic heterocycles. The first-order valence-electron chi connectivity index (χ1n) is 8.01. The van der Waals surface area contributed by atoms with Gasteiger partial charge in [0.25, 0.3) is 5.91 Å². The number of ketones is 1. The highest BCUT2D eigenvalue weighted by molar-refractivity contribution is 6.02. The molecule has 0 fully saturated rings. The summed E-state index contributed by atoms with van der Waals surface area (Å²) in [5.74, 6) is 0.341. The van der Waals surface area contributed by atoms with Gasteiger partial charge >= 0.3 is 0 Å². The SMILES string of the molecule is COc1ccc(C(=O)NCC(=O)c2ccc3ccccc3n2)cc1OC. The van der Waals surface area contributed by atoms with Crippen LogP contribution in [0.3, 0.4) is 0 Å². The third-order valence-electron chi connectivity index (χ3n) is 3.94. The lowest BCUT2D eigenvalue weighted by molar-refractivity contribution is 0.0902. The fourth-order valence-electron chi connectivity index (χ4n) is 2.55. The van der Waals surface area contributed by atoms with Gasteiger partial charge in [0.1, 0.15) is 5.69 Å². The number of aromatic nitrogens is 1. The summed E-state index contributed by atoms with van der Waals surface area (Å²) >= 11 is 0. The Labute approximate surface area is 150 Å². The Balaban J connectivity index is 1.69. The van der Waals surface area contributed by atoms with E-state index in [2.05, 4.69) is 10.3 Å². The smallest absolute Gasteiger partial charge is 0.251 e. The molecule has 3 rings (SSSR count). The van der Waals surface area contributed by atoms with Gasteiger partial charge < -0.3 is 14.8 Å². The fourth-order valence-corrected chi connectivity index (χ4v) is 2.55. The van der Waals surface area contributed by atoms with Crippen molar-refractivity contribution in [3.05, 3.63) is 65.9 Å². The van der Waals surface area contributed by atoms with Gasteiger partial charge in [-0.2, -0.15) is 0 Å². The van der Waals surface area contributed by atoms with Gasteiger partial charge in [-0.05, 0) is 30.3 Å². The van der Waals surface area contributed by atoms with Crippen molar-refractivity contribution in [1.82, 2.24) is 10.3 Å². The standard InChI is InChI=1S/C20H18N2O4/c1-25-18-10-8-14(11-19(18)26-2)20(24)21-12-17(23)16-9-7-13-5-3-4-6-15(13)22-16/h3-11H,12H2,1-2H3,(H,21,24).